The number of nitrogens with zero attached hydrogens (tertiary/aromatic N) is 1. The predicted octanol–water partition coefficient (Wildman–Crippen LogP) is 4.98. The first-order chi connectivity index (χ1) is 14.3. The molecule has 4 nitrogen and oxygen atoms in total. The Hall–Kier alpha value is -3.45. The van der Waals surface area contributed by atoms with Gasteiger partial charge >= 0.3 is 5.97 Å². The van der Waals surface area contributed by atoms with Crippen molar-refractivity contribution in [1.82, 2.24) is 4.57 Å². The second-order valence-corrected chi connectivity index (χ2v) is 7.32. The molecule has 0 saturated heterocycles. The van der Waals surface area contributed by atoms with Crippen LogP contribution in [0.2, 0.25) is 0 Å². The molecule has 3 aromatic carbocycles. The number of aromatic carboxylic acids is 1. The summed E-state index contributed by atoms with van der Waals surface area (Å²) in [5.41, 5.74) is 0.756. The van der Waals surface area contributed by atoms with Crippen LogP contribution in [0, 0.1) is 11.6 Å². The number of fused-ring (bicyclic) bond motifs is 1. The van der Waals surface area contributed by atoms with E-state index in [1.54, 1.807) is 0 Å². The zero-order valence-electron chi connectivity index (χ0n) is 15.5. The predicted molar refractivity (Wildman–Crippen MR) is 113 cm³/mol. The standard InChI is InChI=1S/C23H15F2NO3S/c24-18-9-10-19(25)21-20(18)22(27)17(23(28)29)12-26(21)11-13-1-3-14(4-2-13)15-5-7-16(30)8-6-15/h1-10,12,30H,11H2,(H,28,29). The Balaban J connectivity index is 1.79. The lowest BCUT2D eigenvalue weighted by Crippen LogP contribution is -2.21. The number of carbonyl (C=O) groups is 1. The van der Waals surface area contributed by atoms with E-state index in [1.807, 2.05) is 48.5 Å². The molecule has 0 aliphatic rings. The van der Waals surface area contributed by atoms with Crippen LogP contribution in [0.5, 0.6) is 0 Å². The molecule has 0 amide bonds. The molecular weight excluding hydrogens is 408 g/mol. The van der Waals surface area contributed by atoms with Crippen LogP contribution < -0.4 is 5.43 Å². The number of halogens is 2. The Morgan fingerprint density at radius 3 is 2.07 bits per heavy atom. The summed E-state index contributed by atoms with van der Waals surface area (Å²) in [6, 6.07) is 16.7. The van der Waals surface area contributed by atoms with E-state index in [9.17, 15) is 23.5 Å². The van der Waals surface area contributed by atoms with Crippen molar-refractivity contribution in [3.8, 4) is 11.1 Å². The molecule has 0 unspecified atom stereocenters. The van der Waals surface area contributed by atoms with Gasteiger partial charge in [-0.1, -0.05) is 36.4 Å². The average molecular weight is 423 g/mol. The van der Waals surface area contributed by atoms with Gasteiger partial charge in [-0.2, -0.15) is 0 Å². The Bertz CT molecular complexity index is 1330. The van der Waals surface area contributed by atoms with Crippen LogP contribution in [0.15, 0.2) is 76.6 Å². The molecule has 4 aromatic rings. The lowest BCUT2D eigenvalue weighted by atomic mass is 10.0. The van der Waals surface area contributed by atoms with Gasteiger partial charge in [-0.25, -0.2) is 13.6 Å². The normalized spacial score (nSPS) is 11.0. The van der Waals surface area contributed by atoms with Crippen LogP contribution in [0.1, 0.15) is 15.9 Å². The van der Waals surface area contributed by atoms with Gasteiger partial charge < -0.3 is 9.67 Å². The Morgan fingerprint density at radius 1 is 0.900 bits per heavy atom. The van der Waals surface area contributed by atoms with E-state index in [0.29, 0.717) is 0 Å². The Labute approximate surface area is 175 Å². The molecule has 1 N–H and O–H groups in total. The summed E-state index contributed by atoms with van der Waals surface area (Å²) >= 11 is 4.27. The van der Waals surface area contributed by atoms with Crippen LogP contribution >= 0.6 is 12.6 Å². The lowest BCUT2D eigenvalue weighted by molar-refractivity contribution is 0.0695. The van der Waals surface area contributed by atoms with E-state index in [1.165, 1.54) is 4.57 Å². The van der Waals surface area contributed by atoms with Crippen molar-refractivity contribution >= 4 is 29.5 Å². The van der Waals surface area contributed by atoms with Crippen molar-refractivity contribution in [1.29, 1.82) is 0 Å². The summed E-state index contributed by atoms with van der Waals surface area (Å²) in [7, 11) is 0. The number of hydrogen-bond acceptors (Lipinski definition) is 3. The molecule has 1 aromatic heterocycles. The molecule has 0 saturated carbocycles. The molecule has 0 bridgehead atoms. The van der Waals surface area contributed by atoms with Gasteiger partial charge in [0.1, 0.15) is 17.2 Å². The minimum atomic E-state index is -1.50. The van der Waals surface area contributed by atoms with Crippen LogP contribution in [0.25, 0.3) is 22.0 Å². The van der Waals surface area contributed by atoms with Gasteiger partial charge in [0, 0.05) is 17.6 Å². The summed E-state index contributed by atoms with van der Waals surface area (Å²) in [5, 5.41) is 8.75. The number of carboxylic acids is 1. The van der Waals surface area contributed by atoms with Gasteiger partial charge in [0.2, 0.25) is 5.43 Å². The Kier molecular flexibility index (Phi) is 5.13. The maximum atomic E-state index is 14.5. The number of carboxylic acid groups (broad SMARTS) is 1. The van der Waals surface area contributed by atoms with Gasteiger partial charge in [-0.05, 0) is 41.0 Å². The highest BCUT2D eigenvalue weighted by molar-refractivity contribution is 7.80. The van der Waals surface area contributed by atoms with Gasteiger partial charge in [0.15, 0.2) is 0 Å². The molecule has 0 atom stereocenters. The van der Waals surface area contributed by atoms with E-state index in [-0.39, 0.29) is 12.1 Å². The fourth-order valence-corrected chi connectivity index (χ4v) is 3.53. The molecule has 150 valence electrons. The van der Waals surface area contributed by atoms with Gasteiger partial charge in [0.25, 0.3) is 0 Å². The number of hydrogen-bond donors (Lipinski definition) is 2. The number of benzene rings is 3. The second kappa shape index (κ2) is 7.76. The fourth-order valence-electron chi connectivity index (χ4n) is 3.38. The smallest absolute Gasteiger partial charge is 0.341 e. The zero-order valence-corrected chi connectivity index (χ0v) is 16.4. The number of thiol groups is 1. The van der Waals surface area contributed by atoms with E-state index < -0.39 is 34.0 Å². The van der Waals surface area contributed by atoms with Crippen molar-refractivity contribution in [3.63, 3.8) is 0 Å². The van der Waals surface area contributed by atoms with Crippen LogP contribution in [0.4, 0.5) is 8.78 Å². The molecule has 0 aliphatic carbocycles. The van der Waals surface area contributed by atoms with Gasteiger partial charge in [-0.15, -0.1) is 12.6 Å². The van der Waals surface area contributed by atoms with Gasteiger partial charge in [0.05, 0.1) is 10.9 Å². The van der Waals surface area contributed by atoms with Crippen molar-refractivity contribution < 1.29 is 18.7 Å². The van der Waals surface area contributed by atoms with E-state index in [0.717, 1.165) is 39.9 Å². The Morgan fingerprint density at radius 2 is 1.47 bits per heavy atom. The fraction of sp³-hybridized carbons (Fsp3) is 0.0435. The molecular formula is C23H15F2NO3S. The van der Waals surface area contributed by atoms with Crippen molar-refractivity contribution in [2.45, 2.75) is 11.4 Å². The number of pyridine rings is 1. The first-order valence-corrected chi connectivity index (χ1v) is 9.42. The van der Waals surface area contributed by atoms with Crippen molar-refractivity contribution in [2.75, 3.05) is 0 Å². The van der Waals surface area contributed by atoms with Crippen LogP contribution in [-0.4, -0.2) is 15.6 Å². The molecule has 0 aliphatic heterocycles. The molecule has 1 heterocycles. The minimum Gasteiger partial charge on any atom is -0.477 e. The maximum Gasteiger partial charge on any atom is 0.341 e. The van der Waals surface area contributed by atoms with Crippen LogP contribution in [0.3, 0.4) is 0 Å². The van der Waals surface area contributed by atoms with E-state index >= 15 is 0 Å². The SMILES string of the molecule is O=C(O)c1cn(Cc2ccc(-c3ccc(S)cc3)cc2)c2c(F)ccc(F)c2c1=O. The average Bonchev–Trinajstić information content (AvgIpc) is 2.73. The third-order valence-electron chi connectivity index (χ3n) is 4.86. The van der Waals surface area contributed by atoms with Crippen molar-refractivity contribution in [2.24, 2.45) is 0 Å². The first-order valence-electron chi connectivity index (χ1n) is 8.98. The second-order valence-electron chi connectivity index (χ2n) is 6.80. The largest absolute Gasteiger partial charge is 0.477 e. The molecule has 0 radical (unpaired) electrons. The summed E-state index contributed by atoms with van der Waals surface area (Å²) in [6.07, 6.45) is 1.05. The van der Waals surface area contributed by atoms with E-state index in [4.69, 9.17) is 0 Å². The van der Waals surface area contributed by atoms with Crippen molar-refractivity contribution in [3.05, 3.63) is 99.8 Å². The van der Waals surface area contributed by atoms with Gasteiger partial charge in [-0.3, -0.25) is 4.79 Å². The highest BCUT2D eigenvalue weighted by Crippen LogP contribution is 2.24. The molecule has 4 rings (SSSR count). The third kappa shape index (κ3) is 3.59. The van der Waals surface area contributed by atoms with Crippen LogP contribution in [-0.2, 0) is 6.54 Å². The topological polar surface area (TPSA) is 59.3 Å². The monoisotopic (exact) mass is 423 g/mol. The number of aromatic nitrogens is 1. The number of rotatable bonds is 4. The minimum absolute atomic E-state index is 0.0628. The zero-order chi connectivity index (χ0) is 21.4. The summed E-state index contributed by atoms with van der Waals surface area (Å²) in [5.74, 6) is -3.26. The molecule has 7 heteroatoms. The highest BCUT2D eigenvalue weighted by atomic mass is 32.1. The lowest BCUT2D eigenvalue weighted by Gasteiger charge is -2.14. The van der Waals surface area contributed by atoms with E-state index in [2.05, 4.69) is 12.6 Å². The third-order valence-corrected chi connectivity index (χ3v) is 5.16. The molecule has 30 heavy (non-hydrogen) atoms. The molecule has 0 fully saturated rings. The first kappa shape index (κ1) is 19.8. The summed E-state index contributed by atoms with van der Waals surface area (Å²) < 4.78 is 30.0. The summed E-state index contributed by atoms with van der Waals surface area (Å²) in [6.45, 7) is 0.0628. The molecule has 0 spiro atoms. The highest BCUT2D eigenvalue weighted by Gasteiger charge is 2.20. The quantitative estimate of drug-likeness (QED) is 0.455. The maximum absolute atomic E-state index is 14.5. The summed E-state index contributed by atoms with van der Waals surface area (Å²) in [4.78, 5) is 24.7.